The number of carbonyl (C=O) groups is 2. The summed E-state index contributed by atoms with van der Waals surface area (Å²) in [5.74, 6) is -7.79. The minimum atomic E-state index is -5.01. The van der Waals surface area contributed by atoms with Gasteiger partial charge in [0.15, 0.2) is 0 Å². The quantitative estimate of drug-likeness (QED) is 0.347. The molecule has 0 aliphatic carbocycles. The van der Waals surface area contributed by atoms with E-state index in [1.165, 1.54) is 6.07 Å². The molecule has 2 aromatic carbocycles. The molecule has 2 bridgehead atoms. The van der Waals surface area contributed by atoms with Gasteiger partial charge >= 0.3 is 12.5 Å². The summed E-state index contributed by atoms with van der Waals surface area (Å²) in [5.41, 5.74) is -2.38. The number of aromatic nitrogens is 1. The summed E-state index contributed by atoms with van der Waals surface area (Å²) in [6.07, 6.45) is -8.26. The van der Waals surface area contributed by atoms with E-state index in [2.05, 4.69) is 15.0 Å². The predicted molar refractivity (Wildman–Crippen MR) is 154 cm³/mol. The SMILES string of the molecule is COc1cc(F)c([C@@H]2CN(c3nccc(N4C[C@@H]5C[C@H]4CN5C)c3C(F)(F)F)C(=O)[C@H]2NC(=O)c2ccc(OC(F)(F)F)cc2)c(F)c1. The number of ether oxygens (including phenoxy) is 2. The third-order valence-corrected chi connectivity index (χ3v) is 8.88. The largest absolute Gasteiger partial charge is 0.573 e. The first-order valence-corrected chi connectivity index (χ1v) is 14.6. The first-order valence-electron chi connectivity index (χ1n) is 14.6. The zero-order chi connectivity index (χ0) is 34.7. The van der Waals surface area contributed by atoms with E-state index in [0.717, 1.165) is 49.7 Å². The van der Waals surface area contributed by atoms with Crippen molar-refractivity contribution in [3.63, 3.8) is 0 Å². The van der Waals surface area contributed by atoms with Gasteiger partial charge in [-0.1, -0.05) is 0 Å². The van der Waals surface area contributed by atoms with Crippen molar-refractivity contribution in [2.45, 2.75) is 43.0 Å². The van der Waals surface area contributed by atoms with Gasteiger partial charge in [-0.15, -0.1) is 13.2 Å². The van der Waals surface area contributed by atoms with Gasteiger partial charge in [-0.05, 0) is 43.8 Å². The molecule has 0 saturated carbocycles. The van der Waals surface area contributed by atoms with Gasteiger partial charge in [-0.25, -0.2) is 13.8 Å². The summed E-state index contributed by atoms with van der Waals surface area (Å²) in [4.78, 5) is 35.4. The van der Waals surface area contributed by atoms with Crippen LogP contribution in [0.25, 0.3) is 0 Å². The fourth-order valence-corrected chi connectivity index (χ4v) is 6.73. The number of likely N-dealkylation sites (N-methyl/N-ethyl adjacent to an activating group) is 1. The first-order chi connectivity index (χ1) is 22.6. The van der Waals surface area contributed by atoms with Crippen molar-refractivity contribution < 1.29 is 54.2 Å². The maximum absolute atomic E-state index is 15.4. The standard InChI is InChI=1S/C31H27F8N5O4/c1-42-12-17-9-16(42)13-43(17)23-7-8-40-27(25(23)30(34,35)36)44-14-20(24-21(32)10-19(47-2)11-22(24)33)26(29(44)46)41-28(45)15-3-5-18(6-4-15)48-31(37,38)39/h3-8,10-11,16-17,20,26H,9,12-14H2,1-2H3,(H,41,45)/t16-,17-,20-,26-/m0/s1. The number of nitrogens with zero attached hydrogens (tertiary/aromatic N) is 4. The third-order valence-electron chi connectivity index (χ3n) is 8.88. The molecular formula is C31H27F8N5O4. The number of benzene rings is 2. The van der Waals surface area contributed by atoms with Crippen molar-refractivity contribution in [1.82, 2.24) is 15.2 Å². The van der Waals surface area contributed by atoms with Crippen LogP contribution in [0, 0.1) is 11.6 Å². The average molecular weight is 686 g/mol. The zero-order valence-corrected chi connectivity index (χ0v) is 25.2. The molecule has 2 amide bonds. The van der Waals surface area contributed by atoms with Crippen LogP contribution in [0.5, 0.6) is 11.5 Å². The number of alkyl halides is 6. The lowest BCUT2D eigenvalue weighted by molar-refractivity contribution is -0.274. The van der Waals surface area contributed by atoms with Crippen LogP contribution in [0.1, 0.15) is 33.8 Å². The Labute approximate surface area is 268 Å². The normalized spacial score (nSPS) is 22.8. The molecule has 0 spiro atoms. The average Bonchev–Trinajstić information content (AvgIpc) is 3.68. The topological polar surface area (TPSA) is 87.2 Å². The molecule has 0 radical (unpaired) electrons. The van der Waals surface area contributed by atoms with Gasteiger partial charge in [0.2, 0.25) is 0 Å². The lowest BCUT2D eigenvalue weighted by Crippen LogP contribution is -2.46. The number of hydrogen-bond donors (Lipinski definition) is 1. The van der Waals surface area contributed by atoms with E-state index >= 15 is 8.78 Å². The van der Waals surface area contributed by atoms with E-state index in [4.69, 9.17) is 4.74 Å². The smallest absolute Gasteiger partial charge is 0.497 e. The number of carbonyl (C=O) groups excluding carboxylic acids is 2. The van der Waals surface area contributed by atoms with E-state index in [1.807, 2.05) is 11.9 Å². The van der Waals surface area contributed by atoms with Crippen LogP contribution in [-0.4, -0.2) is 80.0 Å². The number of amides is 2. The van der Waals surface area contributed by atoms with Gasteiger partial charge in [0, 0.05) is 67.1 Å². The van der Waals surface area contributed by atoms with Crippen molar-refractivity contribution in [2.24, 2.45) is 0 Å². The Bertz CT molecular complexity index is 1710. The maximum atomic E-state index is 15.4. The molecule has 256 valence electrons. The first kappa shape index (κ1) is 33.2. The lowest BCUT2D eigenvalue weighted by atomic mass is 9.92. The molecule has 0 unspecified atom stereocenters. The monoisotopic (exact) mass is 685 g/mol. The van der Waals surface area contributed by atoms with Crippen molar-refractivity contribution in [3.05, 3.63) is 77.0 Å². The summed E-state index contributed by atoms with van der Waals surface area (Å²) >= 11 is 0. The molecule has 3 aromatic rings. The highest BCUT2D eigenvalue weighted by Gasteiger charge is 2.51. The Morgan fingerprint density at radius 1 is 0.938 bits per heavy atom. The molecule has 6 rings (SSSR count). The number of halogens is 8. The number of hydrogen-bond acceptors (Lipinski definition) is 7. The van der Waals surface area contributed by atoms with E-state index < -0.39 is 77.2 Å². The molecule has 3 aliphatic heterocycles. The lowest BCUT2D eigenvalue weighted by Gasteiger charge is -2.35. The molecule has 4 heterocycles. The van der Waals surface area contributed by atoms with E-state index in [1.54, 1.807) is 4.90 Å². The number of piperazine rings is 1. The summed E-state index contributed by atoms with van der Waals surface area (Å²) < 4.78 is 122. The minimum absolute atomic E-state index is 0.0280. The highest BCUT2D eigenvalue weighted by molar-refractivity contribution is 6.05. The Morgan fingerprint density at radius 3 is 2.15 bits per heavy atom. The maximum Gasteiger partial charge on any atom is 0.573 e. The van der Waals surface area contributed by atoms with Crippen molar-refractivity contribution in [1.29, 1.82) is 0 Å². The zero-order valence-electron chi connectivity index (χ0n) is 25.2. The second-order valence-corrected chi connectivity index (χ2v) is 11.7. The summed E-state index contributed by atoms with van der Waals surface area (Å²) in [6, 6.07) is 4.41. The van der Waals surface area contributed by atoms with Gasteiger partial charge in [0.1, 0.15) is 40.6 Å². The van der Waals surface area contributed by atoms with Crippen molar-refractivity contribution >= 4 is 23.3 Å². The molecule has 17 heteroatoms. The Balaban J connectivity index is 1.39. The van der Waals surface area contributed by atoms with E-state index in [9.17, 15) is 35.9 Å². The Morgan fingerprint density at radius 2 is 1.60 bits per heavy atom. The molecule has 1 N–H and O–H groups in total. The van der Waals surface area contributed by atoms with Crippen LogP contribution in [0.4, 0.5) is 46.6 Å². The van der Waals surface area contributed by atoms with Crippen LogP contribution in [-0.2, 0) is 11.0 Å². The van der Waals surface area contributed by atoms with Crippen LogP contribution in [0.15, 0.2) is 48.7 Å². The number of rotatable bonds is 7. The predicted octanol–water partition coefficient (Wildman–Crippen LogP) is 5.11. The van der Waals surface area contributed by atoms with Crippen molar-refractivity contribution in [2.75, 3.05) is 43.6 Å². The number of methoxy groups -OCH3 is 1. The van der Waals surface area contributed by atoms with E-state index in [-0.39, 0.29) is 29.1 Å². The van der Waals surface area contributed by atoms with Gasteiger partial charge in [-0.3, -0.25) is 19.4 Å². The summed E-state index contributed by atoms with van der Waals surface area (Å²) in [6.45, 7) is 0.117. The number of fused-ring (bicyclic) bond motifs is 2. The van der Waals surface area contributed by atoms with Crippen LogP contribution in [0.2, 0.25) is 0 Å². The van der Waals surface area contributed by atoms with Gasteiger partial charge < -0.3 is 19.7 Å². The summed E-state index contributed by atoms with van der Waals surface area (Å²) in [7, 11) is 3.04. The Kier molecular flexibility index (Phi) is 8.37. The number of anilines is 2. The molecule has 4 atom stereocenters. The second-order valence-electron chi connectivity index (χ2n) is 11.7. The fraction of sp³-hybridized carbons (Fsp3) is 0.387. The van der Waals surface area contributed by atoms with Gasteiger partial charge in [0.05, 0.1) is 12.8 Å². The molecule has 9 nitrogen and oxygen atoms in total. The second kappa shape index (κ2) is 12.1. The highest BCUT2D eigenvalue weighted by Crippen LogP contribution is 2.47. The number of nitrogens with one attached hydrogen (secondary N) is 1. The van der Waals surface area contributed by atoms with Gasteiger partial charge in [-0.2, -0.15) is 13.2 Å². The Hall–Kier alpha value is -4.67. The van der Waals surface area contributed by atoms with Gasteiger partial charge in [0.25, 0.3) is 11.8 Å². The molecule has 1 aromatic heterocycles. The number of likely N-dealkylation sites (tertiary alicyclic amines) is 1. The molecular weight excluding hydrogens is 658 g/mol. The molecule has 3 fully saturated rings. The van der Waals surface area contributed by atoms with Crippen LogP contribution in [0.3, 0.4) is 0 Å². The van der Waals surface area contributed by atoms with Crippen molar-refractivity contribution in [3.8, 4) is 11.5 Å². The molecule has 3 saturated heterocycles. The third kappa shape index (κ3) is 6.18. The minimum Gasteiger partial charge on any atom is -0.497 e. The number of pyridine rings is 1. The van der Waals surface area contributed by atoms with Crippen LogP contribution < -0.4 is 24.6 Å². The fourth-order valence-electron chi connectivity index (χ4n) is 6.73. The van der Waals surface area contributed by atoms with Crippen LogP contribution >= 0.6 is 0 Å². The molecule has 48 heavy (non-hydrogen) atoms. The highest BCUT2D eigenvalue weighted by atomic mass is 19.4. The summed E-state index contributed by atoms with van der Waals surface area (Å²) in [5, 5.41) is 2.32. The van der Waals surface area contributed by atoms with E-state index in [0.29, 0.717) is 24.4 Å². The molecule has 3 aliphatic rings.